The molecular weight excluding hydrogens is 374 g/mol. The molecular formula is C19H22F2N2O5. The van der Waals surface area contributed by atoms with Gasteiger partial charge in [-0.05, 0) is 56.4 Å². The van der Waals surface area contributed by atoms with Crippen LogP contribution in [0.15, 0.2) is 35.9 Å². The number of ether oxygens (including phenoxy) is 2. The quantitative estimate of drug-likeness (QED) is 0.520. The largest absolute Gasteiger partial charge is 0.452 e. The summed E-state index contributed by atoms with van der Waals surface area (Å²) in [5.74, 6) is -1.71. The van der Waals surface area contributed by atoms with Crippen LogP contribution < -0.4 is 15.4 Å². The van der Waals surface area contributed by atoms with Crippen molar-refractivity contribution < 1.29 is 32.6 Å². The lowest BCUT2D eigenvalue weighted by atomic mass is 9.97. The normalized spacial score (nSPS) is 13.5. The molecule has 0 bridgehead atoms. The predicted molar refractivity (Wildman–Crippen MR) is 96.1 cm³/mol. The molecule has 0 radical (unpaired) electrons. The number of hydrogen-bond donors (Lipinski definition) is 2. The molecule has 0 spiro atoms. The topological polar surface area (TPSA) is 93.7 Å². The molecule has 28 heavy (non-hydrogen) atoms. The summed E-state index contributed by atoms with van der Waals surface area (Å²) in [7, 11) is 0. The van der Waals surface area contributed by atoms with Gasteiger partial charge in [0, 0.05) is 6.54 Å². The van der Waals surface area contributed by atoms with Crippen molar-refractivity contribution in [3.8, 4) is 5.75 Å². The average Bonchev–Trinajstić information content (AvgIpc) is 2.67. The van der Waals surface area contributed by atoms with E-state index in [0.717, 1.165) is 25.7 Å². The molecule has 1 aliphatic rings. The van der Waals surface area contributed by atoms with Crippen LogP contribution in [0.1, 0.15) is 42.5 Å². The van der Waals surface area contributed by atoms with Crippen molar-refractivity contribution in [3.05, 3.63) is 41.5 Å². The summed E-state index contributed by atoms with van der Waals surface area (Å²) in [5.41, 5.74) is 1.36. The van der Waals surface area contributed by atoms with Gasteiger partial charge in [-0.2, -0.15) is 8.78 Å². The van der Waals surface area contributed by atoms with Crippen LogP contribution >= 0.6 is 0 Å². The van der Waals surface area contributed by atoms with Crippen molar-refractivity contribution in [2.45, 2.75) is 38.7 Å². The molecule has 3 amide bonds. The maximum Gasteiger partial charge on any atom is 0.387 e. The first-order valence-electron chi connectivity index (χ1n) is 8.91. The second-order valence-corrected chi connectivity index (χ2v) is 6.14. The van der Waals surface area contributed by atoms with Gasteiger partial charge in [-0.3, -0.25) is 10.1 Å². The van der Waals surface area contributed by atoms with Gasteiger partial charge in [0.25, 0.3) is 5.91 Å². The first-order chi connectivity index (χ1) is 13.4. The minimum Gasteiger partial charge on any atom is -0.452 e. The Balaban J connectivity index is 1.65. The minimum absolute atomic E-state index is 0.0552. The fraction of sp³-hybridized carbons (Fsp3) is 0.421. The van der Waals surface area contributed by atoms with E-state index in [1.165, 1.54) is 36.3 Å². The zero-order valence-corrected chi connectivity index (χ0v) is 15.2. The van der Waals surface area contributed by atoms with Gasteiger partial charge in [-0.15, -0.1) is 0 Å². The first kappa shape index (κ1) is 21.3. The molecule has 0 fully saturated rings. The molecule has 2 rings (SSSR count). The lowest BCUT2D eigenvalue weighted by molar-refractivity contribution is -0.123. The Labute approximate surface area is 161 Å². The lowest BCUT2D eigenvalue weighted by Gasteiger charge is -2.13. The van der Waals surface area contributed by atoms with Crippen molar-refractivity contribution >= 4 is 17.9 Å². The van der Waals surface area contributed by atoms with E-state index in [1.54, 1.807) is 0 Å². The fourth-order valence-electron chi connectivity index (χ4n) is 2.66. The first-order valence-corrected chi connectivity index (χ1v) is 8.91. The van der Waals surface area contributed by atoms with E-state index in [-0.39, 0.29) is 11.3 Å². The monoisotopic (exact) mass is 396 g/mol. The molecule has 0 unspecified atom stereocenters. The average molecular weight is 396 g/mol. The molecule has 152 valence electrons. The number of nitrogens with one attached hydrogen (secondary N) is 2. The molecule has 0 saturated heterocycles. The number of urea groups is 1. The Bertz CT molecular complexity index is 720. The van der Waals surface area contributed by atoms with Crippen LogP contribution in [-0.4, -0.2) is 37.7 Å². The van der Waals surface area contributed by atoms with Crippen LogP contribution in [0.25, 0.3) is 0 Å². The van der Waals surface area contributed by atoms with Gasteiger partial charge < -0.3 is 14.8 Å². The predicted octanol–water partition coefficient (Wildman–Crippen LogP) is 3.16. The molecule has 0 aliphatic heterocycles. The molecule has 0 aromatic heterocycles. The number of amides is 3. The third-order valence-electron chi connectivity index (χ3n) is 4.02. The standard InChI is InChI=1S/C19H22F2N2O5/c20-18(21)28-15-8-6-14(7-9-15)17(25)27-12-16(24)23-19(26)22-11-10-13-4-2-1-3-5-13/h4,6-9,18H,1-3,5,10-12H2,(H2,22,23,24,26). The molecule has 1 aromatic carbocycles. The van der Waals surface area contributed by atoms with Crippen LogP contribution in [0.3, 0.4) is 0 Å². The number of imide groups is 1. The van der Waals surface area contributed by atoms with Crippen LogP contribution in [-0.2, 0) is 9.53 Å². The number of carbonyl (C=O) groups is 3. The summed E-state index contributed by atoms with van der Waals surface area (Å²) < 4.78 is 33.1. The minimum atomic E-state index is -2.97. The van der Waals surface area contributed by atoms with E-state index >= 15 is 0 Å². The third kappa shape index (κ3) is 7.73. The Hall–Kier alpha value is -2.97. The van der Waals surface area contributed by atoms with Crippen molar-refractivity contribution in [2.75, 3.05) is 13.2 Å². The zero-order chi connectivity index (χ0) is 20.4. The second-order valence-electron chi connectivity index (χ2n) is 6.14. The molecule has 1 aliphatic carbocycles. The van der Waals surface area contributed by atoms with Crippen LogP contribution in [0.4, 0.5) is 13.6 Å². The maximum absolute atomic E-state index is 12.1. The zero-order valence-electron chi connectivity index (χ0n) is 15.2. The van der Waals surface area contributed by atoms with Crippen molar-refractivity contribution in [1.82, 2.24) is 10.6 Å². The summed E-state index contributed by atoms with van der Waals surface area (Å²) in [6, 6.07) is 4.15. The molecule has 2 N–H and O–H groups in total. The number of carbonyl (C=O) groups excluding carboxylic acids is 3. The molecule has 0 saturated carbocycles. The Morgan fingerprint density at radius 3 is 2.50 bits per heavy atom. The highest BCUT2D eigenvalue weighted by atomic mass is 19.3. The van der Waals surface area contributed by atoms with Gasteiger partial charge in [-0.1, -0.05) is 11.6 Å². The lowest BCUT2D eigenvalue weighted by Crippen LogP contribution is -2.41. The molecule has 0 atom stereocenters. The van der Waals surface area contributed by atoms with E-state index < -0.39 is 31.1 Å². The van der Waals surface area contributed by atoms with Crippen molar-refractivity contribution in [2.24, 2.45) is 0 Å². The molecule has 9 heteroatoms. The van der Waals surface area contributed by atoms with Gasteiger partial charge >= 0.3 is 18.6 Å². The molecule has 0 heterocycles. The van der Waals surface area contributed by atoms with E-state index in [1.807, 2.05) is 0 Å². The Morgan fingerprint density at radius 2 is 1.86 bits per heavy atom. The third-order valence-corrected chi connectivity index (χ3v) is 4.02. The van der Waals surface area contributed by atoms with Crippen molar-refractivity contribution in [3.63, 3.8) is 0 Å². The summed E-state index contributed by atoms with van der Waals surface area (Å²) in [4.78, 5) is 35.1. The number of alkyl halides is 2. The van der Waals surface area contributed by atoms with Gasteiger partial charge in [0.05, 0.1) is 5.56 Å². The fourth-order valence-corrected chi connectivity index (χ4v) is 2.66. The van der Waals surface area contributed by atoms with Crippen LogP contribution in [0.2, 0.25) is 0 Å². The van der Waals surface area contributed by atoms with Crippen LogP contribution in [0, 0.1) is 0 Å². The summed E-state index contributed by atoms with van der Waals surface area (Å²) in [6.07, 6.45) is 7.37. The highest BCUT2D eigenvalue weighted by molar-refractivity contribution is 5.97. The second kappa shape index (κ2) is 11.0. The Morgan fingerprint density at radius 1 is 1.11 bits per heavy atom. The maximum atomic E-state index is 12.1. The smallest absolute Gasteiger partial charge is 0.387 e. The summed E-state index contributed by atoms with van der Waals surface area (Å²) >= 11 is 0. The summed E-state index contributed by atoms with van der Waals surface area (Å²) in [6.45, 7) is -3.20. The van der Waals surface area contributed by atoms with Crippen molar-refractivity contribution in [1.29, 1.82) is 0 Å². The molecule has 7 nitrogen and oxygen atoms in total. The number of hydrogen-bond acceptors (Lipinski definition) is 5. The van der Waals surface area contributed by atoms with E-state index in [0.29, 0.717) is 6.54 Å². The highest BCUT2D eigenvalue weighted by Gasteiger charge is 2.13. The van der Waals surface area contributed by atoms with Gasteiger partial charge in [0.1, 0.15) is 5.75 Å². The SMILES string of the molecule is O=C(COC(=O)c1ccc(OC(F)F)cc1)NC(=O)NCCC1=CCCCC1. The number of halogens is 2. The van der Waals surface area contributed by atoms with E-state index in [9.17, 15) is 23.2 Å². The highest BCUT2D eigenvalue weighted by Crippen LogP contribution is 2.19. The Kier molecular flexibility index (Phi) is 8.38. The van der Waals surface area contributed by atoms with E-state index in [4.69, 9.17) is 4.74 Å². The number of rotatable bonds is 8. The summed E-state index contributed by atoms with van der Waals surface area (Å²) in [5, 5.41) is 4.64. The number of esters is 1. The van der Waals surface area contributed by atoms with Gasteiger partial charge in [-0.25, -0.2) is 9.59 Å². The van der Waals surface area contributed by atoms with Gasteiger partial charge in [0.2, 0.25) is 0 Å². The number of allylic oxidation sites excluding steroid dienone is 1. The van der Waals surface area contributed by atoms with Crippen LogP contribution in [0.5, 0.6) is 5.75 Å². The molecule has 1 aromatic rings. The van der Waals surface area contributed by atoms with E-state index in [2.05, 4.69) is 21.4 Å². The number of benzene rings is 1. The van der Waals surface area contributed by atoms with Gasteiger partial charge in [0.15, 0.2) is 6.61 Å².